The maximum Gasteiger partial charge on any atom is 0.314 e. The van der Waals surface area contributed by atoms with Crippen molar-refractivity contribution in [1.82, 2.24) is 0 Å². The summed E-state index contributed by atoms with van der Waals surface area (Å²) in [7, 11) is 2.93. The van der Waals surface area contributed by atoms with E-state index >= 15 is 0 Å². The molecular weight excluding hydrogens is 252 g/mol. The highest BCUT2D eigenvalue weighted by atomic mass is 16.6. The number of carbonyl (C=O) groups excluding carboxylic acids is 1. The number of nitrogens with zero attached hydrogens (tertiary/aromatic N) is 2. The molecule has 0 fully saturated rings. The molecule has 7 nitrogen and oxygen atoms in total. The molecule has 1 aromatic carbocycles. The van der Waals surface area contributed by atoms with Gasteiger partial charge in [0.15, 0.2) is 17.1 Å². The van der Waals surface area contributed by atoms with Crippen LogP contribution < -0.4 is 14.4 Å². The maximum atomic E-state index is 12.1. The van der Waals surface area contributed by atoms with Gasteiger partial charge in [0.05, 0.1) is 23.8 Å². The zero-order valence-electron chi connectivity index (χ0n) is 11.1. The highest BCUT2D eigenvalue weighted by Crippen LogP contribution is 2.43. The van der Waals surface area contributed by atoms with Crippen molar-refractivity contribution in [2.45, 2.75) is 19.4 Å². The van der Waals surface area contributed by atoms with Crippen LogP contribution in [0.4, 0.5) is 11.4 Å². The van der Waals surface area contributed by atoms with E-state index in [1.54, 1.807) is 20.9 Å². The predicted octanol–water partition coefficient (Wildman–Crippen LogP) is 1.74. The Labute approximate surface area is 109 Å². The van der Waals surface area contributed by atoms with Crippen LogP contribution >= 0.6 is 0 Å². The molecule has 0 bridgehead atoms. The van der Waals surface area contributed by atoms with Crippen molar-refractivity contribution in [2.24, 2.45) is 0 Å². The molecule has 1 heterocycles. The molecule has 1 amide bonds. The molecule has 0 spiro atoms. The Morgan fingerprint density at radius 2 is 2.05 bits per heavy atom. The van der Waals surface area contributed by atoms with Crippen LogP contribution in [0.3, 0.4) is 0 Å². The monoisotopic (exact) mass is 266 g/mol. The van der Waals surface area contributed by atoms with E-state index in [0.717, 1.165) is 0 Å². The fraction of sp³-hybridized carbons (Fsp3) is 0.417. The van der Waals surface area contributed by atoms with Crippen molar-refractivity contribution < 1.29 is 19.2 Å². The summed E-state index contributed by atoms with van der Waals surface area (Å²) < 4.78 is 10.5. The molecule has 0 saturated heterocycles. The number of carbonyl (C=O) groups is 1. The van der Waals surface area contributed by atoms with Crippen LogP contribution in [0.1, 0.15) is 13.8 Å². The van der Waals surface area contributed by atoms with E-state index in [1.165, 1.54) is 24.1 Å². The lowest BCUT2D eigenvalue weighted by Gasteiger charge is -2.36. The molecule has 102 valence electrons. The summed E-state index contributed by atoms with van der Waals surface area (Å²) in [6.07, 6.45) is 0. The third-order valence-electron chi connectivity index (χ3n) is 3.00. The first kappa shape index (κ1) is 13.1. The smallest absolute Gasteiger partial charge is 0.314 e. The number of rotatable bonds is 2. The maximum absolute atomic E-state index is 12.1. The lowest BCUT2D eigenvalue weighted by molar-refractivity contribution is -0.385. The number of anilines is 1. The van der Waals surface area contributed by atoms with Gasteiger partial charge in [0.2, 0.25) is 0 Å². The molecule has 0 aliphatic carbocycles. The number of benzene rings is 1. The van der Waals surface area contributed by atoms with Gasteiger partial charge in [0, 0.05) is 13.1 Å². The van der Waals surface area contributed by atoms with Gasteiger partial charge in [-0.1, -0.05) is 0 Å². The van der Waals surface area contributed by atoms with Crippen molar-refractivity contribution in [1.29, 1.82) is 0 Å². The molecule has 0 N–H and O–H groups in total. The average molecular weight is 266 g/mol. The van der Waals surface area contributed by atoms with Crippen LogP contribution in [0.2, 0.25) is 0 Å². The summed E-state index contributed by atoms with van der Waals surface area (Å²) >= 11 is 0. The zero-order valence-corrected chi connectivity index (χ0v) is 11.1. The van der Waals surface area contributed by atoms with Gasteiger partial charge in [-0.05, 0) is 13.8 Å². The number of amides is 1. The van der Waals surface area contributed by atoms with Crippen LogP contribution in [0, 0.1) is 10.1 Å². The average Bonchev–Trinajstić information content (AvgIpc) is 2.34. The first-order valence-electron chi connectivity index (χ1n) is 5.61. The summed E-state index contributed by atoms with van der Waals surface area (Å²) in [4.78, 5) is 23.9. The number of methoxy groups -OCH3 is 1. The molecule has 0 aromatic heterocycles. The quantitative estimate of drug-likeness (QED) is 0.601. The Morgan fingerprint density at radius 1 is 1.42 bits per heavy atom. The summed E-state index contributed by atoms with van der Waals surface area (Å²) in [5.41, 5.74) is -0.795. The molecule has 7 heteroatoms. The van der Waals surface area contributed by atoms with E-state index in [-0.39, 0.29) is 17.3 Å². The normalized spacial score (nSPS) is 16.6. The van der Waals surface area contributed by atoms with Gasteiger partial charge in [0.1, 0.15) is 0 Å². The molecule has 0 radical (unpaired) electrons. The van der Waals surface area contributed by atoms with Crippen molar-refractivity contribution in [3.63, 3.8) is 0 Å². The van der Waals surface area contributed by atoms with E-state index in [4.69, 9.17) is 9.47 Å². The fourth-order valence-electron chi connectivity index (χ4n) is 2.02. The van der Waals surface area contributed by atoms with Gasteiger partial charge < -0.3 is 14.4 Å². The summed E-state index contributed by atoms with van der Waals surface area (Å²) in [6.45, 7) is 3.23. The Kier molecular flexibility index (Phi) is 2.84. The topological polar surface area (TPSA) is 81.9 Å². The largest absolute Gasteiger partial charge is 0.490 e. The van der Waals surface area contributed by atoms with E-state index in [9.17, 15) is 14.9 Å². The van der Waals surface area contributed by atoms with Crippen molar-refractivity contribution >= 4 is 17.3 Å². The minimum absolute atomic E-state index is 0.0895. The predicted molar refractivity (Wildman–Crippen MR) is 67.8 cm³/mol. The number of likely N-dealkylation sites (N-methyl/N-ethyl adjacent to an activating group) is 1. The summed E-state index contributed by atoms with van der Waals surface area (Å²) in [6, 6.07) is 2.71. The van der Waals surface area contributed by atoms with E-state index in [2.05, 4.69) is 0 Å². The number of hydrogen-bond acceptors (Lipinski definition) is 5. The van der Waals surface area contributed by atoms with Crippen molar-refractivity contribution in [2.75, 3.05) is 19.1 Å². The van der Waals surface area contributed by atoms with Crippen molar-refractivity contribution in [3.05, 3.63) is 22.2 Å². The second-order valence-electron chi connectivity index (χ2n) is 4.73. The summed E-state index contributed by atoms with van der Waals surface area (Å²) in [5.74, 6) is 0.155. The minimum atomic E-state index is -1.05. The van der Waals surface area contributed by atoms with Gasteiger partial charge in [0.25, 0.3) is 5.91 Å². The minimum Gasteiger partial charge on any atom is -0.490 e. The van der Waals surface area contributed by atoms with Crippen LogP contribution in [-0.2, 0) is 4.79 Å². The van der Waals surface area contributed by atoms with Crippen LogP contribution in [0.15, 0.2) is 12.1 Å². The number of nitro benzene ring substituents is 1. The lowest BCUT2D eigenvalue weighted by Crippen LogP contribution is -2.50. The number of fused-ring (bicyclic) bond motifs is 1. The third kappa shape index (κ3) is 1.96. The Bertz CT molecular complexity index is 567. The standard InChI is InChI=1S/C12H14N2O5/c1-12(2)11(15)13(3)7-5-9(18-4)8(14(16)17)6-10(7)19-12/h5-6H,1-4H3. The summed E-state index contributed by atoms with van der Waals surface area (Å²) in [5, 5.41) is 11.0. The van der Waals surface area contributed by atoms with Gasteiger partial charge in [-0.2, -0.15) is 0 Å². The lowest BCUT2D eigenvalue weighted by atomic mass is 10.0. The molecule has 0 saturated carbocycles. The Hall–Kier alpha value is -2.31. The van der Waals surface area contributed by atoms with Gasteiger partial charge >= 0.3 is 5.69 Å². The van der Waals surface area contributed by atoms with Crippen molar-refractivity contribution in [3.8, 4) is 11.5 Å². The Balaban J connectivity index is 2.63. The van der Waals surface area contributed by atoms with Gasteiger partial charge in [-0.25, -0.2) is 0 Å². The zero-order chi connectivity index (χ0) is 14.4. The Morgan fingerprint density at radius 3 is 2.58 bits per heavy atom. The second-order valence-corrected chi connectivity index (χ2v) is 4.73. The molecule has 0 atom stereocenters. The first-order chi connectivity index (χ1) is 8.77. The second kappa shape index (κ2) is 4.11. The van der Waals surface area contributed by atoms with E-state index in [0.29, 0.717) is 11.4 Å². The van der Waals surface area contributed by atoms with E-state index in [1.807, 2.05) is 0 Å². The highest BCUT2D eigenvalue weighted by molar-refractivity contribution is 6.02. The molecule has 0 unspecified atom stereocenters. The van der Waals surface area contributed by atoms with Gasteiger partial charge in [-0.15, -0.1) is 0 Å². The highest BCUT2D eigenvalue weighted by Gasteiger charge is 2.40. The van der Waals surface area contributed by atoms with Gasteiger partial charge in [-0.3, -0.25) is 14.9 Å². The molecule has 19 heavy (non-hydrogen) atoms. The van der Waals surface area contributed by atoms with E-state index < -0.39 is 10.5 Å². The number of ether oxygens (including phenoxy) is 2. The van der Waals surface area contributed by atoms with Crippen LogP contribution in [0.25, 0.3) is 0 Å². The molecule has 1 aliphatic heterocycles. The molecule has 2 rings (SSSR count). The van der Waals surface area contributed by atoms with Crippen LogP contribution in [-0.4, -0.2) is 30.6 Å². The molecular formula is C12H14N2O5. The third-order valence-corrected chi connectivity index (χ3v) is 3.00. The van der Waals surface area contributed by atoms with Crippen LogP contribution in [0.5, 0.6) is 11.5 Å². The number of hydrogen-bond donors (Lipinski definition) is 0. The first-order valence-corrected chi connectivity index (χ1v) is 5.61. The molecule has 1 aromatic rings. The number of nitro groups is 1. The SMILES string of the molecule is COc1cc2c(cc1[N+](=O)[O-])OC(C)(C)C(=O)N2C. The fourth-order valence-corrected chi connectivity index (χ4v) is 2.02. The molecule has 1 aliphatic rings.